The van der Waals surface area contributed by atoms with Crippen LogP contribution in [0, 0.1) is 11.7 Å². The Hall–Kier alpha value is -1.87. The Bertz CT molecular complexity index is 539. The quantitative estimate of drug-likeness (QED) is 0.877. The molecular weight excluding hydrogens is 253 g/mol. The first-order chi connectivity index (χ1) is 9.71. The summed E-state index contributed by atoms with van der Waals surface area (Å²) in [6.45, 7) is 0.586. The zero-order chi connectivity index (χ0) is 14.4. The third kappa shape index (κ3) is 4.07. The summed E-state index contributed by atoms with van der Waals surface area (Å²) in [5.41, 5.74) is 8.06. The number of ether oxygens (including phenoxy) is 1. The van der Waals surface area contributed by atoms with Crippen molar-refractivity contribution in [1.82, 2.24) is 0 Å². The van der Waals surface area contributed by atoms with Gasteiger partial charge in [-0.05, 0) is 60.7 Å². The van der Waals surface area contributed by atoms with Crippen molar-refractivity contribution in [3.8, 4) is 5.75 Å². The van der Waals surface area contributed by atoms with Gasteiger partial charge >= 0.3 is 0 Å². The van der Waals surface area contributed by atoms with Gasteiger partial charge in [0.05, 0.1) is 7.11 Å². The van der Waals surface area contributed by atoms with Crippen LogP contribution in [0.1, 0.15) is 11.1 Å². The topological polar surface area (TPSA) is 35.2 Å². The lowest BCUT2D eigenvalue weighted by molar-refractivity contribution is 0.414. The van der Waals surface area contributed by atoms with E-state index in [1.165, 1.54) is 11.6 Å². The van der Waals surface area contributed by atoms with Crippen LogP contribution < -0.4 is 10.5 Å². The smallest absolute Gasteiger partial charge is 0.123 e. The lowest BCUT2D eigenvalue weighted by Gasteiger charge is -2.15. The Labute approximate surface area is 119 Å². The number of hydrogen-bond donors (Lipinski definition) is 1. The van der Waals surface area contributed by atoms with Gasteiger partial charge in [0.25, 0.3) is 0 Å². The Kier molecular flexibility index (Phi) is 5.13. The van der Waals surface area contributed by atoms with Crippen LogP contribution in [0.15, 0.2) is 48.5 Å². The normalized spacial score (nSPS) is 12.2. The molecule has 0 aliphatic heterocycles. The predicted molar refractivity (Wildman–Crippen MR) is 79.3 cm³/mol. The number of nitrogens with two attached hydrogens (primary N) is 1. The van der Waals surface area contributed by atoms with Crippen molar-refractivity contribution < 1.29 is 9.13 Å². The first-order valence-corrected chi connectivity index (χ1v) is 6.78. The van der Waals surface area contributed by atoms with E-state index in [1.54, 1.807) is 19.2 Å². The van der Waals surface area contributed by atoms with Crippen LogP contribution in [0.3, 0.4) is 0 Å². The van der Waals surface area contributed by atoms with E-state index in [9.17, 15) is 4.39 Å². The second kappa shape index (κ2) is 7.06. The number of benzene rings is 2. The standard InChI is InChI=1S/C17H20FNO/c1-20-17-7-5-13(6-8-17)9-15(12-19)10-14-3-2-4-16(18)11-14/h2-8,11,15H,9-10,12,19H2,1H3. The zero-order valence-electron chi connectivity index (χ0n) is 11.7. The highest BCUT2D eigenvalue weighted by atomic mass is 19.1. The minimum absolute atomic E-state index is 0.192. The van der Waals surface area contributed by atoms with Gasteiger partial charge in [0.2, 0.25) is 0 Å². The maximum absolute atomic E-state index is 13.2. The molecule has 0 aliphatic rings. The summed E-state index contributed by atoms with van der Waals surface area (Å²) in [6.07, 6.45) is 1.68. The molecule has 3 heteroatoms. The molecule has 0 heterocycles. The molecule has 2 rings (SSSR count). The fourth-order valence-electron chi connectivity index (χ4n) is 2.33. The zero-order valence-corrected chi connectivity index (χ0v) is 11.7. The van der Waals surface area contributed by atoms with Crippen LogP contribution in [-0.4, -0.2) is 13.7 Å². The molecule has 2 aromatic carbocycles. The number of rotatable bonds is 6. The van der Waals surface area contributed by atoms with Crippen LogP contribution in [0.5, 0.6) is 5.75 Å². The largest absolute Gasteiger partial charge is 0.497 e. The highest BCUT2D eigenvalue weighted by molar-refractivity contribution is 5.27. The molecule has 20 heavy (non-hydrogen) atoms. The van der Waals surface area contributed by atoms with Crippen molar-refractivity contribution in [3.63, 3.8) is 0 Å². The molecule has 2 aromatic rings. The van der Waals surface area contributed by atoms with Gasteiger partial charge in [0.15, 0.2) is 0 Å². The van der Waals surface area contributed by atoms with Crippen LogP contribution in [0.2, 0.25) is 0 Å². The van der Waals surface area contributed by atoms with Gasteiger partial charge in [-0.15, -0.1) is 0 Å². The first kappa shape index (κ1) is 14.5. The first-order valence-electron chi connectivity index (χ1n) is 6.78. The Balaban J connectivity index is 2.01. The molecule has 2 N–H and O–H groups in total. The SMILES string of the molecule is COc1ccc(CC(CN)Cc2cccc(F)c2)cc1. The summed E-state index contributed by atoms with van der Waals surface area (Å²) in [7, 11) is 1.65. The van der Waals surface area contributed by atoms with Gasteiger partial charge in [0, 0.05) is 0 Å². The van der Waals surface area contributed by atoms with E-state index in [4.69, 9.17) is 10.5 Å². The molecule has 0 bridgehead atoms. The molecule has 1 atom stereocenters. The summed E-state index contributed by atoms with van der Waals surface area (Å²) in [6, 6.07) is 14.7. The lowest BCUT2D eigenvalue weighted by Crippen LogP contribution is -2.19. The van der Waals surface area contributed by atoms with Gasteiger partial charge in [-0.2, -0.15) is 0 Å². The van der Waals surface area contributed by atoms with Gasteiger partial charge in [-0.25, -0.2) is 4.39 Å². The number of methoxy groups -OCH3 is 1. The lowest BCUT2D eigenvalue weighted by atomic mass is 9.92. The average molecular weight is 273 g/mol. The summed E-state index contributed by atoms with van der Waals surface area (Å²) < 4.78 is 18.3. The molecule has 0 saturated carbocycles. The molecular formula is C17H20FNO. The number of hydrogen-bond acceptors (Lipinski definition) is 2. The van der Waals surface area contributed by atoms with Gasteiger partial charge in [0.1, 0.15) is 11.6 Å². The third-order valence-electron chi connectivity index (χ3n) is 3.43. The fourth-order valence-corrected chi connectivity index (χ4v) is 2.33. The van der Waals surface area contributed by atoms with Crippen molar-refractivity contribution in [3.05, 3.63) is 65.5 Å². The Morgan fingerprint density at radius 2 is 1.75 bits per heavy atom. The number of halogens is 1. The Morgan fingerprint density at radius 3 is 2.35 bits per heavy atom. The van der Waals surface area contributed by atoms with Gasteiger partial charge in [-0.1, -0.05) is 24.3 Å². The summed E-state index contributed by atoms with van der Waals surface area (Å²) in [5, 5.41) is 0. The van der Waals surface area contributed by atoms with E-state index in [1.807, 2.05) is 30.3 Å². The van der Waals surface area contributed by atoms with Crippen molar-refractivity contribution in [2.45, 2.75) is 12.8 Å². The molecule has 0 fully saturated rings. The average Bonchev–Trinajstić information content (AvgIpc) is 2.47. The van der Waals surface area contributed by atoms with Gasteiger partial charge < -0.3 is 10.5 Å². The van der Waals surface area contributed by atoms with E-state index in [-0.39, 0.29) is 5.82 Å². The van der Waals surface area contributed by atoms with Crippen LogP contribution in [-0.2, 0) is 12.8 Å². The summed E-state index contributed by atoms with van der Waals surface area (Å²) >= 11 is 0. The Morgan fingerprint density at radius 1 is 1.05 bits per heavy atom. The van der Waals surface area contributed by atoms with Crippen molar-refractivity contribution in [1.29, 1.82) is 0 Å². The molecule has 0 amide bonds. The molecule has 0 aliphatic carbocycles. The molecule has 1 unspecified atom stereocenters. The third-order valence-corrected chi connectivity index (χ3v) is 3.43. The van der Waals surface area contributed by atoms with E-state index in [0.717, 1.165) is 24.2 Å². The van der Waals surface area contributed by atoms with Crippen LogP contribution in [0.4, 0.5) is 4.39 Å². The monoisotopic (exact) mass is 273 g/mol. The molecule has 0 saturated heterocycles. The summed E-state index contributed by atoms with van der Waals surface area (Å²) in [4.78, 5) is 0. The maximum atomic E-state index is 13.2. The molecule has 0 spiro atoms. The summed E-state index contributed by atoms with van der Waals surface area (Å²) in [5.74, 6) is 0.969. The molecule has 0 aromatic heterocycles. The predicted octanol–water partition coefficient (Wildman–Crippen LogP) is 3.19. The van der Waals surface area contributed by atoms with Crippen molar-refractivity contribution in [2.75, 3.05) is 13.7 Å². The highest BCUT2D eigenvalue weighted by Crippen LogP contribution is 2.17. The van der Waals surface area contributed by atoms with E-state index >= 15 is 0 Å². The second-order valence-corrected chi connectivity index (χ2v) is 4.99. The van der Waals surface area contributed by atoms with E-state index < -0.39 is 0 Å². The van der Waals surface area contributed by atoms with E-state index in [2.05, 4.69) is 0 Å². The second-order valence-electron chi connectivity index (χ2n) is 4.99. The molecule has 0 radical (unpaired) electrons. The minimum atomic E-state index is -0.192. The van der Waals surface area contributed by atoms with Crippen molar-refractivity contribution >= 4 is 0 Å². The van der Waals surface area contributed by atoms with Gasteiger partial charge in [-0.3, -0.25) is 0 Å². The fraction of sp³-hybridized carbons (Fsp3) is 0.294. The van der Waals surface area contributed by atoms with Crippen molar-refractivity contribution in [2.24, 2.45) is 11.7 Å². The van der Waals surface area contributed by atoms with E-state index in [0.29, 0.717) is 12.5 Å². The minimum Gasteiger partial charge on any atom is -0.497 e. The molecule has 106 valence electrons. The van der Waals surface area contributed by atoms with Crippen LogP contribution in [0.25, 0.3) is 0 Å². The highest BCUT2D eigenvalue weighted by Gasteiger charge is 2.10. The molecule has 2 nitrogen and oxygen atoms in total. The van der Waals surface area contributed by atoms with Crippen LogP contribution >= 0.6 is 0 Å². The maximum Gasteiger partial charge on any atom is 0.123 e.